The molecule has 0 fully saturated rings. The van der Waals surface area contributed by atoms with E-state index in [0.29, 0.717) is 13.0 Å². The lowest BCUT2D eigenvalue weighted by molar-refractivity contribution is -0.121. The molecule has 0 bridgehead atoms. The van der Waals surface area contributed by atoms with Gasteiger partial charge in [0.05, 0.1) is 0 Å². The molecule has 0 saturated carbocycles. The van der Waals surface area contributed by atoms with Crippen LogP contribution >= 0.6 is 0 Å². The molecule has 25 heavy (non-hydrogen) atoms. The zero-order chi connectivity index (χ0) is 17.8. The summed E-state index contributed by atoms with van der Waals surface area (Å²) in [4.78, 5) is 17.0. The molecule has 0 radical (unpaired) electrons. The van der Waals surface area contributed by atoms with Crippen LogP contribution in [0.2, 0.25) is 0 Å². The van der Waals surface area contributed by atoms with Gasteiger partial charge in [-0.1, -0.05) is 30.3 Å². The topological polar surface area (TPSA) is 51.9 Å². The fraction of sp³-hybridized carbons (Fsp3) is 0.300. The second-order valence-electron chi connectivity index (χ2n) is 6.33. The van der Waals surface area contributed by atoms with Crippen molar-refractivity contribution in [2.45, 2.75) is 32.9 Å². The monoisotopic (exact) mass is 336 g/mol. The van der Waals surface area contributed by atoms with E-state index in [2.05, 4.69) is 40.8 Å². The summed E-state index contributed by atoms with van der Waals surface area (Å²) in [5, 5.41) is 3.14. The van der Waals surface area contributed by atoms with Crippen LogP contribution in [-0.4, -0.2) is 20.0 Å². The lowest BCUT2D eigenvalue weighted by atomic mass is 10.1. The molecule has 2 aromatic heterocycles. The Morgan fingerprint density at radius 2 is 1.80 bits per heavy atom. The molecule has 5 nitrogen and oxygen atoms in total. The Hall–Kier alpha value is -2.82. The summed E-state index contributed by atoms with van der Waals surface area (Å²) in [6.07, 6.45) is 4.08. The van der Waals surface area contributed by atoms with E-state index >= 15 is 0 Å². The maximum absolute atomic E-state index is 12.6. The Morgan fingerprint density at radius 1 is 1.12 bits per heavy atom. The Morgan fingerprint density at radius 3 is 2.40 bits per heavy atom. The van der Waals surface area contributed by atoms with Crippen molar-refractivity contribution in [3.63, 3.8) is 0 Å². The second kappa shape index (κ2) is 7.38. The second-order valence-corrected chi connectivity index (χ2v) is 6.33. The highest BCUT2D eigenvalue weighted by Gasteiger charge is 2.20. The fourth-order valence-electron chi connectivity index (χ4n) is 3.10. The number of benzene rings is 1. The van der Waals surface area contributed by atoms with Gasteiger partial charge in [0.1, 0.15) is 11.9 Å². The van der Waals surface area contributed by atoms with Crippen LogP contribution in [0.4, 0.5) is 0 Å². The average molecular weight is 336 g/mol. The van der Waals surface area contributed by atoms with Crippen molar-refractivity contribution >= 4 is 5.91 Å². The minimum atomic E-state index is -0.249. The van der Waals surface area contributed by atoms with E-state index in [0.717, 1.165) is 11.4 Å². The van der Waals surface area contributed by atoms with Crippen molar-refractivity contribution in [2.75, 3.05) is 0 Å². The first-order valence-electron chi connectivity index (χ1n) is 8.50. The molecular formula is C20H24N4O. The molecule has 2 heterocycles. The van der Waals surface area contributed by atoms with Crippen molar-refractivity contribution in [3.8, 4) is 0 Å². The van der Waals surface area contributed by atoms with Gasteiger partial charge >= 0.3 is 0 Å². The number of nitrogens with one attached hydrogen (secondary N) is 1. The molecular weight excluding hydrogens is 312 g/mol. The summed E-state index contributed by atoms with van der Waals surface area (Å²) >= 11 is 0. The van der Waals surface area contributed by atoms with Gasteiger partial charge in [-0.2, -0.15) is 0 Å². The van der Waals surface area contributed by atoms with E-state index in [-0.39, 0.29) is 11.9 Å². The van der Waals surface area contributed by atoms with E-state index in [4.69, 9.17) is 0 Å². The summed E-state index contributed by atoms with van der Waals surface area (Å²) in [5.41, 5.74) is 3.38. The van der Waals surface area contributed by atoms with Crippen molar-refractivity contribution in [3.05, 3.63) is 77.6 Å². The lowest BCUT2D eigenvalue weighted by Crippen LogP contribution is -2.31. The van der Waals surface area contributed by atoms with E-state index in [1.54, 1.807) is 6.20 Å². The molecule has 0 unspecified atom stereocenters. The molecule has 1 N–H and O–H groups in total. The molecule has 0 spiro atoms. The van der Waals surface area contributed by atoms with Gasteiger partial charge in [-0.3, -0.25) is 4.79 Å². The van der Waals surface area contributed by atoms with Crippen LogP contribution < -0.4 is 5.32 Å². The highest BCUT2D eigenvalue weighted by molar-refractivity contribution is 5.76. The number of hydrogen-bond acceptors (Lipinski definition) is 2. The Balaban J connectivity index is 1.74. The number of nitrogens with zero attached hydrogens (tertiary/aromatic N) is 3. The van der Waals surface area contributed by atoms with Crippen LogP contribution in [0.1, 0.15) is 35.2 Å². The molecule has 5 heteroatoms. The molecule has 130 valence electrons. The van der Waals surface area contributed by atoms with Crippen molar-refractivity contribution in [2.24, 2.45) is 7.05 Å². The number of imidazole rings is 1. The third kappa shape index (κ3) is 3.82. The number of rotatable bonds is 6. The predicted molar refractivity (Wildman–Crippen MR) is 98.2 cm³/mol. The van der Waals surface area contributed by atoms with E-state index < -0.39 is 0 Å². The number of hydrogen-bond donors (Lipinski definition) is 1. The number of aromatic nitrogens is 3. The largest absolute Gasteiger partial charge is 0.349 e. The molecule has 1 atom stereocenters. The standard InChI is InChI=1S/C20H24N4O/c1-15-9-10-16(2)24(15)13-11-18(25)22-19(17-7-5-4-6-8-17)20-21-12-14-23(20)3/h4-10,12,14,19H,11,13H2,1-3H3,(H,22,25)/t19-/m1/s1. The maximum atomic E-state index is 12.6. The van der Waals surface area contributed by atoms with E-state index in [9.17, 15) is 4.79 Å². The lowest BCUT2D eigenvalue weighted by Gasteiger charge is -2.19. The normalized spacial score (nSPS) is 12.1. The summed E-state index contributed by atoms with van der Waals surface area (Å²) in [7, 11) is 1.94. The van der Waals surface area contributed by atoms with Gasteiger partial charge in [-0.05, 0) is 31.5 Å². The van der Waals surface area contributed by atoms with Crippen LogP contribution in [-0.2, 0) is 18.4 Å². The zero-order valence-electron chi connectivity index (χ0n) is 14.9. The number of aryl methyl sites for hydroxylation is 3. The van der Waals surface area contributed by atoms with Gasteiger partial charge in [0.2, 0.25) is 5.91 Å². The van der Waals surface area contributed by atoms with Crippen LogP contribution in [0.25, 0.3) is 0 Å². The van der Waals surface area contributed by atoms with E-state index in [1.807, 2.05) is 48.1 Å². The van der Waals surface area contributed by atoms with Crippen LogP contribution in [0, 0.1) is 13.8 Å². The molecule has 1 aromatic carbocycles. The van der Waals surface area contributed by atoms with Crippen LogP contribution in [0.3, 0.4) is 0 Å². The highest BCUT2D eigenvalue weighted by Crippen LogP contribution is 2.20. The quantitative estimate of drug-likeness (QED) is 0.752. The molecule has 0 aliphatic heterocycles. The predicted octanol–water partition coefficient (Wildman–Crippen LogP) is 3.13. The average Bonchev–Trinajstić information content (AvgIpc) is 3.17. The summed E-state index contributed by atoms with van der Waals surface area (Å²) in [5.74, 6) is 0.845. The Kier molecular flexibility index (Phi) is 5.03. The van der Waals surface area contributed by atoms with Crippen molar-refractivity contribution in [1.29, 1.82) is 0 Å². The number of carbonyl (C=O) groups is 1. The number of carbonyl (C=O) groups excluding carboxylic acids is 1. The SMILES string of the molecule is Cc1ccc(C)n1CCC(=O)N[C@H](c1ccccc1)c1nccn1C. The molecule has 0 saturated heterocycles. The third-order valence-corrected chi connectivity index (χ3v) is 4.53. The van der Waals surface area contributed by atoms with Gasteiger partial charge in [0.15, 0.2) is 0 Å². The van der Waals surface area contributed by atoms with E-state index in [1.165, 1.54) is 11.4 Å². The summed E-state index contributed by atoms with van der Waals surface area (Å²) < 4.78 is 4.11. The first-order chi connectivity index (χ1) is 12.1. The van der Waals surface area contributed by atoms with Gasteiger partial charge in [-0.25, -0.2) is 4.98 Å². The number of amides is 1. The van der Waals surface area contributed by atoms with Crippen LogP contribution in [0.5, 0.6) is 0 Å². The summed E-state index contributed by atoms with van der Waals surface area (Å²) in [6, 6.07) is 13.9. The minimum Gasteiger partial charge on any atom is -0.349 e. The Bertz CT molecular complexity index is 828. The summed E-state index contributed by atoms with van der Waals surface area (Å²) in [6.45, 7) is 4.80. The highest BCUT2D eigenvalue weighted by atomic mass is 16.1. The molecule has 1 amide bonds. The molecule has 0 aliphatic carbocycles. The Labute approximate surface area is 148 Å². The van der Waals surface area contributed by atoms with Gasteiger partial charge in [0.25, 0.3) is 0 Å². The smallest absolute Gasteiger partial charge is 0.222 e. The molecule has 3 aromatic rings. The minimum absolute atomic E-state index is 0.0179. The van der Waals surface area contributed by atoms with Crippen molar-refractivity contribution in [1.82, 2.24) is 19.4 Å². The molecule has 3 rings (SSSR count). The first-order valence-corrected chi connectivity index (χ1v) is 8.50. The third-order valence-electron chi connectivity index (χ3n) is 4.53. The maximum Gasteiger partial charge on any atom is 0.222 e. The van der Waals surface area contributed by atoms with Crippen LogP contribution in [0.15, 0.2) is 54.9 Å². The fourth-order valence-corrected chi connectivity index (χ4v) is 3.10. The van der Waals surface area contributed by atoms with Gasteiger partial charge < -0.3 is 14.5 Å². The van der Waals surface area contributed by atoms with Crippen molar-refractivity contribution < 1.29 is 4.79 Å². The van der Waals surface area contributed by atoms with Gasteiger partial charge in [-0.15, -0.1) is 0 Å². The zero-order valence-corrected chi connectivity index (χ0v) is 14.9. The van der Waals surface area contributed by atoms with Gasteiger partial charge in [0, 0.05) is 43.8 Å². The first kappa shape index (κ1) is 17.0. The molecule has 0 aliphatic rings.